The van der Waals surface area contributed by atoms with Crippen LogP contribution >= 0.6 is 0 Å². The summed E-state index contributed by atoms with van der Waals surface area (Å²) in [7, 11) is 2.19. The summed E-state index contributed by atoms with van der Waals surface area (Å²) in [5.74, 6) is 0.228. The van der Waals surface area contributed by atoms with Crippen molar-refractivity contribution < 1.29 is 9.59 Å². The van der Waals surface area contributed by atoms with Crippen molar-refractivity contribution in [1.82, 2.24) is 15.1 Å². The van der Waals surface area contributed by atoms with Crippen LogP contribution in [0.4, 0.5) is 10.5 Å². The van der Waals surface area contributed by atoms with Crippen molar-refractivity contribution in [2.45, 2.75) is 70.6 Å². The van der Waals surface area contributed by atoms with Crippen molar-refractivity contribution in [3.05, 3.63) is 65.2 Å². The lowest BCUT2D eigenvalue weighted by Crippen LogP contribution is -2.33. The van der Waals surface area contributed by atoms with Crippen LogP contribution in [0.2, 0.25) is 0 Å². The number of anilines is 1. The molecule has 4 rings (SSSR count). The van der Waals surface area contributed by atoms with E-state index >= 15 is 0 Å². The zero-order valence-electron chi connectivity index (χ0n) is 19.7. The quantitative estimate of drug-likeness (QED) is 0.604. The van der Waals surface area contributed by atoms with Gasteiger partial charge in [0.05, 0.1) is 0 Å². The van der Waals surface area contributed by atoms with Crippen LogP contribution in [0.25, 0.3) is 0 Å². The average molecular weight is 449 g/mol. The van der Waals surface area contributed by atoms with E-state index < -0.39 is 0 Å². The van der Waals surface area contributed by atoms with E-state index in [1.54, 1.807) is 0 Å². The standard InChI is InChI=1S/C27H36N4O2/c1-30(24-12-3-2-4-13-24)20-23-11-5-6-14-25(23)29-27(33)28-18-21-9-7-10-22(17-21)19-31-16-8-15-26(31)32/h5-7,9-11,14,17,24H,2-4,8,12-13,15-16,18-20H2,1H3,(H2,28,29,33). The third-order valence-electron chi connectivity index (χ3n) is 6.87. The van der Waals surface area contributed by atoms with Gasteiger partial charge in [0.2, 0.25) is 5.91 Å². The predicted octanol–water partition coefficient (Wildman–Crippen LogP) is 4.90. The van der Waals surface area contributed by atoms with Gasteiger partial charge in [0.25, 0.3) is 0 Å². The summed E-state index contributed by atoms with van der Waals surface area (Å²) in [5, 5.41) is 6.02. The molecule has 0 unspecified atom stereocenters. The number of rotatable bonds is 8. The van der Waals surface area contributed by atoms with Crippen molar-refractivity contribution in [1.29, 1.82) is 0 Å². The number of nitrogens with zero attached hydrogens (tertiary/aromatic N) is 2. The number of nitrogens with one attached hydrogen (secondary N) is 2. The van der Waals surface area contributed by atoms with Gasteiger partial charge in [-0.25, -0.2) is 4.79 Å². The van der Waals surface area contributed by atoms with E-state index in [9.17, 15) is 9.59 Å². The lowest BCUT2D eigenvalue weighted by Gasteiger charge is -2.31. The third-order valence-corrected chi connectivity index (χ3v) is 6.87. The van der Waals surface area contributed by atoms with Crippen molar-refractivity contribution in [2.75, 3.05) is 18.9 Å². The van der Waals surface area contributed by atoms with Crippen LogP contribution in [0, 0.1) is 0 Å². The van der Waals surface area contributed by atoms with Crippen molar-refractivity contribution >= 4 is 17.6 Å². The smallest absolute Gasteiger partial charge is 0.319 e. The number of urea groups is 1. The normalized spacial score (nSPS) is 16.9. The highest BCUT2D eigenvalue weighted by Crippen LogP contribution is 2.25. The lowest BCUT2D eigenvalue weighted by atomic mass is 9.94. The number of hydrogen-bond donors (Lipinski definition) is 2. The van der Waals surface area contributed by atoms with E-state index in [4.69, 9.17) is 0 Å². The molecule has 0 atom stereocenters. The molecule has 1 aliphatic heterocycles. The molecule has 0 spiro atoms. The Balaban J connectivity index is 1.30. The minimum atomic E-state index is -0.206. The van der Waals surface area contributed by atoms with Gasteiger partial charge in [-0.15, -0.1) is 0 Å². The monoisotopic (exact) mass is 448 g/mol. The molecule has 176 valence electrons. The Labute approximate surface area is 197 Å². The molecule has 6 heteroatoms. The third kappa shape index (κ3) is 6.57. The van der Waals surface area contributed by atoms with Gasteiger partial charge in [0, 0.05) is 44.3 Å². The highest BCUT2D eigenvalue weighted by Gasteiger charge is 2.20. The molecule has 0 bridgehead atoms. The van der Waals surface area contributed by atoms with Crippen LogP contribution in [0.15, 0.2) is 48.5 Å². The molecule has 6 nitrogen and oxygen atoms in total. The molecule has 1 aliphatic carbocycles. The van der Waals surface area contributed by atoms with Crippen LogP contribution in [0.5, 0.6) is 0 Å². The number of amides is 3. The molecule has 3 amide bonds. The summed E-state index contributed by atoms with van der Waals surface area (Å²) < 4.78 is 0. The summed E-state index contributed by atoms with van der Waals surface area (Å²) >= 11 is 0. The maximum Gasteiger partial charge on any atom is 0.319 e. The maximum absolute atomic E-state index is 12.6. The van der Waals surface area contributed by atoms with Gasteiger partial charge < -0.3 is 15.5 Å². The molecule has 0 aromatic heterocycles. The van der Waals surface area contributed by atoms with Crippen LogP contribution in [0.1, 0.15) is 61.6 Å². The molecule has 2 aromatic rings. The fraction of sp³-hybridized carbons (Fsp3) is 0.481. The molecule has 2 N–H and O–H groups in total. The van der Waals surface area contributed by atoms with Crippen molar-refractivity contribution in [3.63, 3.8) is 0 Å². The fourth-order valence-electron chi connectivity index (χ4n) is 4.98. The van der Waals surface area contributed by atoms with E-state index in [1.165, 1.54) is 32.1 Å². The Bertz CT molecular complexity index is 955. The maximum atomic E-state index is 12.6. The Morgan fingerprint density at radius 2 is 1.82 bits per heavy atom. The first-order valence-electron chi connectivity index (χ1n) is 12.3. The molecular weight excluding hydrogens is 412 g/mol. The van der Waals surface area contributed by atoms with Crippen LogP contribution < -0.4 is 10.6 Å². The Hall–Kier alpha value is -2.86. The molecule has 33 heavy (non-hydrogen) atoms. The zero-order valence-corrected chi connectivity index (χ0v) is 19.7. The van der Waals surface area contributed by atoms with Gasteiger partial charge in [0.1, 0.15) is 0 Å². The van der Waals surface area contributed by atoms with Crippen molar-refractivity contribution in [3.8, 4) is 0 Å². The molecule has 1 saturated heterocycles. The van der Waals surface area contributed by atoms with Crippen LogP contribution in [-0.4, -0.2) is 41.4 Å². The lowest BCUT2D eigenvalue weighted by molar-refractivity contribution is -0.128. The Kier molecular flexibility index (Phi) is 8.00. The first-order chi connectivity index (χ1) is 16.1. The van der Waals surface area contributed by atoms with Gasteiger partial charge in [-0.2, -0.15) is 0 Å². The minimum Gasteiger partial charge on any atom is -0.338 e. The van der Waals surface area contributed by atoms with Gasteiger partial charge in [-0.05, 0) is 49.1 Å². The number of carbonyl (C=O) groups is 2. The van der Waals surface area contributed by atoms with Crippen LogP contribution in [0.3, 0.4) is 0 Å². The number of hydrogen-bond acceptors (Lipinski definition) is 3. The first-order valence-corrected chi connectivity index (χ1v) is 12.3. The first kappa shape index (κ1) is 23.3. The molecule has 0 radical (unpaired) electrons. The fourth-order valence-corrected chi connectivity index (χ4v) is 4.98. The minimum absolute atomic E-state index is 0.206. The molecule has 1 saturated carbocycles. The van der Waals surface area contributed by atoms with E-state index in [-0.39, 0.29) is 11.9 Å². The Morgan fingerprint density at radius 3 is 2.61 bits per heavy atom. The Morgan fingerprint density at radius 1 is 1.03 bits per heavy atom. The molecule has 1 heterocycles. The van der Waals surface area contributed by atoms with E-state index in [0.29, 0.717) is 25.6 Å². The summed E-state index contributed by atoms with van der Waals surface area (Å²) in [6.07, 6.45) is 8.09. The average Bonchev–Trinajstić information content (AvgIpc) is 3.24. The summed E-state index contributed by atoms with van der Waals surface area (Å²) in [4.78, 5) is 28.9. The van der Waals surface area contributed by atoms with Gasteiger partial charge in [-0.1, -0.05) is 61.7 Å². The van der Waals surface area contributed by atoms with Crippen LogP contribution in [-0.2, 0) is 24.4 Å². The molecule has 2 aromatic carbocycles. The zero-order chi connectivity index (χ0) is 23.0. The van der Waals surface area contributed by atoms with Gasteiger partial charge in [-0.3, -0.25) is 9.69 Å². The van der Waals surface area contributed by atoms with Gasteiger partial charge in [0.15, 0.2) is 0 Å². The summed E-state index contributed by atoms with van der Waals surface area (Å²) in [5.41, 5.74) is 4.12. The second-order valence-electron chi connectivity index (χ2n) is 9.41. The summed E-state index contributed by atoms with van der Waals surface area (Å²) in [6, 6.07) is 16.6. The highest BCUT2D eigenvalue weighted by atomic mass is 16.2. The van der Waals surface area contributed by atoms with Crippen molar-refractivity contribution in [2.24, 2.45) is 0 Å². The number of carbonyl (C=O) groups excluding carboxylic acids is 2. The second-order valence-corrected chi connectivity index (χ2v) is 9.41. The SMILES string of the molecule is CN(Cc1ccccc1NC(=O)NCc1cccc(CN2CCCC2=O)c1)C1CCCCC1. The summed E-state index contributed by atoms with van der Waals surface area (Å²) in [6.45, 7) is 2.75. The van der Waals surface area contributed by atoms with Gasteiger partial charge >= 0.3 is 6.03 Å². The highest BCUT2D eigenvalue weighted by molar-refractivity contribution is 5.90. The number of benzene rings is 2. The molecule has 2 fully saturated rings. The van der Waals surface area contributed by atoms with E-state index in [0.717, 1.165) is 41.9 Å². The predicted molar refractivity (Wildman–Crippen MR) is 132 cm³/mol. The number of likely N-dealkylation sites (tertiary alicyclic amines) is 1. The number of para-hydroxylation sites is 1. The second kappa shape index (κ2) is 11.3. The largest absolute Gasteiger partial charge is 0.338 e. The topological polar surface area (TPSA) is 64.7 Å². The van der Waals surface area contributed by atoms with E-state index in [1.807, 2.05) is 41.3 Å². The van der Waals surface area contributed by atoms with E-state index in [2.05, 4.69) is 34.7 Å². The molecular formula is C27H36N4O2. The molecule has 2 aliphatic rings.